The van der Waals surface area contributed by atoms with Gasteiger partial charge in [0.25, 0.3) is 0 Å². The van der Waals surface area contributed by atoms with Crippen LogP contribution in [0.5, 0.6) is 5.75 Å². The number of nitrogens with one attached hydrogen (secondary N) is 2. The van der Waals surface area contributed by atoms with E-state index in [-0.39, 0.29) is 6.04 Å². The normalized spacial score (nSPS) is 22.0. The molecule has 6 nitrogen and oxygen atoms in total. The van der Waals surface area contributed by atoms with Crippen LogP contribution in [0.2, 0.25) is 0 Å². The molecule has 1 aliphatic rings. The lowest BCUT2D eigenvalue weighted by Gasteiger charge is -2.11. The Balaban J connectivity index is 1.61. The van der Waals surface area contributed by atoms with Gasteiger partial charge in [0.05, 0.1) is 11.6 Å². The van der Waals surface area contributed by atoms with Gasteiger partial charge in [0.1, 0.15) is 18.4 Å². The molecule has 1 aliphatic heterocycles. The molecule has 0 amide bonds. The zero-order valence-corrected chi connectivity index (χ0v) is 10.7. The second-order valence-electron chi connectivity index (χ2n) is 4.78. The Kier molecular flexibility index (Phi) is 3.49. The van der Waals surface area contributed by atoms with Gasteiger partial charge in [-0.1, -0.05) is 6.07 Å². The van der Waals surface area contributed by atoms with Crippen molar-refractivity contribution in [2.75, 3.05) is 6.61 Å². The monoisotopic (exact) mass is 273 g/mol. The molecule has 0 spiro atoms. The van der Waals surface area contributed by atoms with Crippen molar-refractivity contribution in [2.24, 2.45) is 0 Å². The average molecular weight is 273 g/mol. The van der Waals surface area contributed by atoms with E-state index in [1.165, 1.54) is 0 Å². The average Bonchev–Trinajstić information content (AvgIpc) is 2.94. The van der Waals surface area contributed by atoms with Gasteiger partial charge >= 0.3 is 5.97 Å². The molecule has 0 saturated carbocycles. The van der Waals surface area contributed by atoms with E-state index in [2.05, 4.69) is 15.8 Å². The van der Waals surface area contributed by atoms with E-state index in [0.29, 0.717) is 13.0 Å². The van der Waals surface area contributed by atoms with Crippen molar-refractivity contribution in [3.63, 3.8) is 0 Å². The molecule has 3 N–H and O–H groups in total. The van der Waals surface area contributed by atoms with Crippen LogP contribution < -0.4 is 15.6 Å². The Morgan fingerprint density at radius 3 is 3.10 bits per heavy atom. The summed E-state index contributed by atoms with van der Waals surface area (Å²) in [5.74, 6) is -0.0946. The summed E-state index contributed by atoms with van der Waals surface area (Å²) in [7, 11) is 0. The number of ether oxygens (including phenoxy) is 1. The summed E-state index contributed by atoms with van der Waals surface area (Å²) in [5, 5.41) is 9.90. The van der Waals surface area contributed by atoms with Gasteiger partial charge in [-0.2, -0.15) is 0 Å². The van der Waals surface area contributed by atoms with Crippen LogP contribution in [0.15, 0.2) is 36.5 Å². The molecular formula is C14H15N3O3. The molecule has 0 bridgehead atoms. The number of hydrogen-bond donors (Lipinski definition) is 3. The number of aromatic nitrogens is 1. The summed E-state index contributed by atoms with van der Waals surface area (Å²) >= 11 is 0. The van der Waals surface area contributed by atoms with Crippen LogP contribution in [0, 0.1) is 0 Å². The van der Waals surface area contributed by atoms with Crippen LogP contribution in [0.3, 0.4) is 0 Å². The van der Waals surface area contributed by atoms with Crippen molar-refractivity contribution in [3.05, 3.63) is 36.5 Å². The van der Waals surface area contributed by atoms with Crippen molar-refractivity contribution >= 4 is 16.9 Å². The summed E-state index contributed by atoms with van der Waals surface area (Å²) in [6.45, 7) is 0.419. The number of carboxylic acids is 1. The molecule has 1 aromatic heterocycles. The summed E-state index contributed by atoms with van der Waals surface area (Å²) in [4.78, 5) is 15.1. The van der Waals surface area contributed by atoms with Gasteiger partial charge in [0.15, 0.2) is 0 Å². The lowest BCUT2D eigenvalue weighted by molar-refractivity contribution is -0.139. The second-order valence-corrected chi connectivity index (χ2v) is 4.78. The third kappa shape index (κ3) is 2.71. The predicted molar refractivity (Wildman–Crippen MR) is 73.3 cm³/mol. The number of aliphatic carboxylic acids is 1. The van der Waals surface area contributed by atoms with E-state index in [9.17, 15) is 4.79 Å². The van der Waals surface area contributed by atoms with Gasteiger partial charge in [-0.25, -0.2) is 5.43 Å². The van der Waals surface area contributed by atoms with Crippen LogP contribution >= 0.6 is 0 Å². The van der Waals surface area contributed by atoms with E-state index >= 15 is 0 Å². The first kappa shape index (κ1) is 12.8. The number of hydrazine groups is 1. The number of carbonyl (C=O) groups is 1. The minimum atomic E-state index is -0.850. The van der Waals surface area contributed by atoms with Gasteiger partial charge in [-0.15, -0.1) is 0 Å². The largest absolute Gasteiger partial charge is 0.492 e. The van der Waals surface area contributed by atoms with E-state index in [4.69, 9.17) is 9.84 Å². The molecule has 0 aliphatic carbocycles. The molecule has 2 heterocycles. The summed E-state index contributed by atoms with van der Waals surface area (Å²) < 4.78 is 5.70. The molecule has 0 radical (unpaired) electrons. The zero-order chi connectivity index (χ0) is 13.9. The second kappa shape index (κ2) is 5.44. The van der Waals surface area contributed by atoms with Crippen LogP contribution in [0.25, 0.3) is 10.9 Å². The maximum absolute atomic E-state index is 10.8. The zero-order valence-electron chi connectivity index (χ0n) is 10.7. The maximum Gasteiger partial charge on any atom is 0.322 e. The maximum atomic E-state index is 10.8. The quantitative estimate of drug-likeness (QED) is 0.768. The highest BCUT2D eigenvalue weighted by Gasteiger charge is 2.29. The third-order valence-electron chi connectivity index (χ3n) is 3.31. The fourth-order valence-corrected chi connectivity index (χ4v) is 2.23. The first-order valence-corrected chi connectivity index (χ1v) is 6.44. The highest BCUT2D eigenvalue weighted by atomic mass is 16.5. The van der Waals surface area contributed by atoms with E-state index in [0.717, 1.165) is 16.7 Å². The lowest BCUT2D eigenvalue weighted by atomic mass is 10.1. The molecule has 6 heteroatoms. The Labute approximate surface area is 115 Å². The molecule has 104 valence electrons. The number of fused-ring (bicyclic) bond motifs is 1. The smallest absolute Gasteiger partial charge is 0.322 e. The van der Waals surface area contributed by atoms with Gasteiger partial charge in [-0.05, 0) is 30.7 Å². The fraction of sp³-hybridized carbons (Fsp3) is 0.286. The van der Waals surface area contributed by atoms with Crippen molar-refractivity contribution in [2.45, 2.75) is 18.5 Å². The molecule has 1 aromatic carbocycles. The Morgan fingerprint density at radius 2 is 2.30 bits per heavy atom. The van der Waals surface area contributed by atoms with E-state index < -0.39 is 12.0 Å². The summed E-state index contributed by atoms with van der Waals surface area (Å²) in [6, 6.07) is 9.00. The minimum absolute atomic E-state index is 0.0132. The van der Waals surface area contributed by atoms with Crippen molar-refractivity contribution in [1.29, 1.82) is 0 Å². The van der Waals surface area contributed by atoms with Gasteiger partial charge in [0.2, 0.25) is 0 Å². The Bertz CT molecular complexity index is 632. The lowest BCUT2D eigenvalue weighted by Crippen LogP contribution is -2.38. The molecule has 1 saturated heterocycles. The van der Waals surface area contributed by atoms with Crippen LogP contribution in [-0.2, 0) is 4.79 Å². The Hall–Kier alpha value is -2.18. The third-order valence-corrected chi connectivity index (χ3v) is 3.31. The first-order chi connectivity index (χ1) is 9.72. The van der Waals surface area contributed by atoms with Crippen molar-refractivity contribution in [3.8, 4) is 5.75 Å². The van der Waals surface area contributed by atoms with Gasteiger partial charge < -0.3 is 9.84 Å². The molecular weight excluding hydrogens is 258 g/mol. The molecule has 20 heavy (non-hydrogen) atoms. The number of nitrogens with zero attached hydrogens (tertiary/aromatic N) is 1. The summed E-state index contributed by atoms with van der Waals surface area (Å²) in [5.41, 5.74) is 6.58. The molecule has 2 unspecified atom stereocenters. The fourth-order valence-electron chi connectivity index (χ4n) is 2.23. The van der Waals surface area contributed by atoms with Crippen LogP contribution in [0.4, 0.5) is 0 Å². The number of rotatable bonds is 4. The number of carboxylic acid groups (broad SMARTS) is 1. The number of hydrogen-bond acceptors (Lipinski definition) is 5. The van der Waals surface area contributed by atoms with Gasteiger partial charge in [-0.3, -0.25) is 15.2 Å². The highest BCUT2D eigenvalue weighted by Crippen LogP contribution is 2.19. The minimum Gasteiger partial charge on any atom is -0.492 e. The number of benzene rings is 1. The van der Waals surface area contributed by atoms with Crippen LogP contribution in [-0.4, -0.2) is 34.8 Å². The SMILES string of the molecule is O=C(O)C1CC(COc2ccc3ncccc3c2)NN1. The van der Waals surface area contributed by atoms with E-state index in [1.54, 1.807) is 6.20 Å². The standard InChI is InChI=1S/C14H15N3O3/c18-14(19)13-7-10(16-17-13)8-20-11-3-4-12-9(6-11)2-1-5-15-12/h1-6,10,13,16-17H,7-8H2,(H,18,19). The number of pyridine rings is 1. The van der Waals surface area contributed by atoms with Crippen molar-refractivity contribution in [1.82, 2.24) is 15.8 Å². The molecule has 1 fully saturated rings. The highest BCUT2D eigenvalue weighted by molar-refractivity contribution is 5.79. The summed E-state index contributed by atoms with van der Waals surface area (Å²) in [6.07, 6.45) is 2.26. The van der Waals surface area contributed by atoms with E-state index in [1.807, 2.05) is 30.3 Å². The Morgan fingerprint density at radius 1 is 1.40 bits per heavy atom. The molecule has 2 atom stereocenters. The van der Waals surface area contributed by atoms with Crippen LogP contribution in [0.1, 0.15) is 6.42 Å². The molecule has 2 aromatic rings. The van der Waals surface area contributed by atoms with Gasteiger partial charge in [0, 0.05) is 11.6 Å². The molecule has 3 rings (SSSR count). The van der Waals surface area contributed by atoms with Crippen molar-refractivity contribution < 1.29 is 14.6 Å². The topological polar surface area (TPSA) is 83.5 Å². The first-order valence-electron chi connectivity index (χ1n) is 6.44. The predicted octanol–water partition coefficient (Wildman–Crippen LogP) is 0.933.